The molecule has 0 saturated carbocycles. The molecular formula is C19H16N4. The molecule has 0 fully saturated rings. The summed E-state index contributed by atoms with van der Waals surface area (Å²) in [4.78, 5) is 9.06. The van der Waals surface area contributed by atoms with Crippen molar-refractivity contribution >= 4 is 11.7 Å². The SMILES string of the molecule is C1=C\C(c2ccccc2)=N/c2ncnn2C(c2ccccc2)C/1. The maximum Gasteiger partial charge on any atom is 0.248 e. The van der Waals surface area contributed by atoms with Gasteiger partial charge in [-0.2, -0.15) is 10.1 Å². The Kier molecular flexibility index (Phi) is 3.56. The minimum Gasteiger partial charge on any atom is -0.222 e. The summed E-state index contributed by atoms with van der Waals surface area (Å²) in [7, 11) is 0. The van der Waals surface area contributed by atoms with Crippen LogP contribution >= 0.6 is 0 Å². The first-order valence-corrected chi connectivity index (χ1v) is 7.67. The second-order valence-electron chi connectivity index (χ2n) is 5.43. The molecule has 1 unspecified atom stereocenters. The fourth-order valence-corrected chi connectivity index (χ4v) is 2.82. The quantitative estimate of drug-likeness (QED) is 0.719. The molecule has 4 nitrogen and oxygen atoms in total. The molecule has 4 heteroatoms. The van der Waals surface area contributed by atoms with Crippen LogP contribution in [0.15, 0.2) is 84.1 Å². The van der Waals surface area contributed by atoms with Crippen LogP contribution < -0.4 is 0 Å². The van der Waals surface area contributed by atoms with E-state index in [4.69, 9.17) is 4.99 Å². The summed E-state index contributed by atoms with van der Waals surface area (Å²) < 4.78 is 1.90. The van der Waals surface area contributed by atoms with Gasteiger partial charge in [0.1, 0.15) is 6.33 Å². The Bertz CT molecular complexity index is 847. The largest absolute Gasteiger partial charge is 0.248 e. The van der Waals surface area contributed by atoms with E-state index < -0.39 is 0 Å². The van der Waals surface area contributed by atoms with Gasteiger partial charge in [-0.1, -0.05) is 66.7 Å². The van der Waals surface area contributed by atoms with Gasteiger partial charge in [0.15, 0.2) is 0 Å². The van der Waals surface area contributed by atoms with E-state index in [0.717, 1.165) is 17.7 Å². The summed E-state index contributed by atoms with van der Waals surface area (Å²) >= 11 is 0. The number of nitrogens with zero attached hydrogens (tertiary/aromatic N) is 4. The summed E-state index contributed by atoms with van der Waals surface area (Å²) in [6.45, 7) is 0. The third-order valence-corrected chi connectivity index (χ3v) is 3.96. The molecule has 0 bridgehead atoms. The van der Waals surface area contributed by atoms with Gasteiger partial charge in [0, 0.05) is 5.56 Å². The molecule has 0 saturated heterocycles. The normalized spacial score (nSPS) is 20.7. The first kappa shape index (κ1) is 13.6. The van der Waals surface area contributed by atoms with Crippen LogP contribution in [0.5, 0.6) is 0 Å². The second-order valence-corrected chi connectivity index (χ2v) is 5.43. The minimum absolute atomic E-state index is 0.117. The monoisotopic (exact) mass is 300 g/mol. The number of fused-ring (bicyclic) bond motifs is 1. The molecular weight excluding hydrogens is 284 g/mol. The lowest BCUT2D eigenvalue weighted by atomic mass is 10.0. The molecule has 112 valence electrons. The fraction of sp³-hybridized carbons (Fsp3) is 0.105. The van der Waals surface area contributed by atoms with E-state index in [1.54, 1.807) is 6.33 Å². The summed E-state index contributed by atoms with van der Waals surface area (Å²) in [5.41, 5.74) is 3.20. The Labute approximate surface area is 134 Å². The number of aliphatic imine (C=N–C) groups is 1. The Balaban J connectivity index is 1.79. The van der Waals surface area contributed by atoms with E-state index in [-0.39, 0.29) is 6.04 Å². The molecule has 0 N–H and O–H groups in total. The Morgan fingerprint density at radius 1 is 0.913 bits per heavy atom. The van der Waals surface area contributed by atoms with Crippen LogP contribution in [0.3, 0.4) is 0 Å². The van der Waals surface area contributed by atoms with Gasteiger partial charge in [-0.3, -0.25) is 0 Å². The average molecular weight is 300 g/mol. The summed E-state index contributed by atoms with van der Waals surface area (Å²) in [5, 5.41) is 4.41. The number of allylic oxidation sites excluding steroid dienone is 2. The number of rotatable bonds is 2. The number of hydrogen-bond acceptors (Lipinski definition) is 3. The molecule has 0 spiro atoms. The van der Waals surface area contributed by atoms with Crippen molar-refractivity contribution in [2.45, 2.75) is 12.5 Å². The van der Waals surface area contributed by atoms with Gasteiger partial charge in [-0.05, 0) is 18.1 Å². The van der Waals surface area contributed by atoms with Crippen LogP contribution in [0, 0.1) is 0 Å². The van der Waals surface area contributed by atoms with Gasteiger partial charge in [0.25, 0.3) is 0 Å². The summed E-state index contributed by atoms with van der Waals surface area (Å²) in [6, 6.07) is 20.6. The Morgan fingerprint density at radius 3 is 2.43 bits per heavy atom. The number of hydrogen-bond donors (Lipinski definition) is 0. The summed E-state index contributed by atoms with van der Waals surface area (Å²) in [6.07, 6.45) is 6.66. The maximum atomic E-state index is 4.72. The predicted octanol–water partition coefficient (Wildman–Crippen LogP) is 3.95. The fourth-order valence-electron chi connectivity index (χ4n) is 2.82. The van der Waals surface area contributed by atoms with Gasteiger partial charge in [0.05, 0.1) is 11.8 Å². The van der Waals surface area contributed by atoms with E-state index in [0.29, 0.717) is 5.95 Å². The minimum atomic E-state index is 0.117. The molecule has 4 rings (SSSR count). The van der Waals surface area contributed by atoms with Crippen LogP contribution in [0.4, 0.5) is 5.95 Å². The standard InChI is InChI=1S/C19H16N4/c1-3-8-15(9-4-1)17-12-7-13-18(16-10-5-2-6-11-16)23-19(22-17)20-14-21-23/h1-12,14,18H,13H2/b12-7-,22-17+. The number of aromatic nitrogens is 3. The average Bonchev–Trinajstić information content (AvgIpc) is 3.04. The molecule has 1 aliphatic heterocycles. The maximum absolute atomic E-state index is 4.72. The van der Waals surface area contributed by atoms with Crippen molar-refractivity contribution in [1.29, 1.82) is 0 Å². The van der Waals surface area contributed by atoms with Crippen LogP contribution in [0.1, 0.15) is 23.6 Å². The van der Waals surface area contributed by atoms with Crippen molar-refractivity contribution in [2.24, 2.45) is 4.99 Å². The topological polar surface area (TPSA) is 43.1 Å². The van der Waals surface area contributed by atoms with Crippen molar-refractivity contribution in [3.05, 3.63) is 90.3 Å². The van der Waals surface area contributed by atoms with Crippen molar-refractivity contribution in [1.82, 2.24) is 14.8 Å². The zero-order valence-corrected chi connectivity index (χ0v) is 12.6. The highest BCUT2D eigenvalue weighted by Crippen LogP contribution is 2.27. The van der Waals surface area contributed by atoms with Crippen LogP contribution in [0.2, 0.25) is 0 Å². The molecule has 0 radical (unpaired) electrons. The van der Waals surface area contributed by atoms with Gasteiger partial charge in [0.2, 0.25) is 5.95 Å². The van der Waals surface area contributed by atoms with E-state index in [1.807, 2.05) is 41.1 Å². The third kappa shape index (κ3) is 2.71. The molecule has 2 heterocycles. The molecule has 0 aliphatic carbocycles. The van der Waals surface area contributed by atoms with Crippen molar-refractivity contribution < 1.29 is 0 Å². The van der Waals surface area contributed by atoms with E-state index in [1.165, 1.54) is 5.56 Å². The zero-order chi connectivity index (χ0) is 15.5. The second kappa shape index (κ2) is 6.01. The van der Waals surface area contributed by atoms with E-state index in [2.05, 4.69) is 46.5 Å². The molecule has 3 aromatic rings. The highest BCUT2D eigenvalue weighted by molar-refractivity contribution is 6.09. The lowest BCUT2D eigenvalue weighted by Crippen LogP contribution is -2.13. The van der Waals surface area contributed by atoms with Crippen LogP contribution in [-0.2, 0) is 0 Å². The highest BCUT2D eigenvalue weighted by atomic mass is 15.4. The number of benzene rings is 2. The van der Waals surface area contributed by atoms with E-state index in [9.17, 15) is 0 Å². The first-order chi connectivity index (χ1) is 11.4. The highest BCUT2D eigenvalue weighted by Gasteiger charge is 2.19. The van der Waals surface area contributed by atoms with Crippen molar-refractivity contribution in [3.63, 3.8) is 0 Å². The third-order valence-electron chi connectivity index (χ3n) is 3.96. The summed E-state index contributed by atoms with van der Waals surface area (Å²) in [5.74, 6) is 0.641. The van der Waals surface area contributed by atoms with Crippen molar-refractivity contribution in [2.75, 3.05) is 0 Å². The Morgan fingerprint density at radius 2 is 1.65 bits per heavy atom. The van der Waals surface area contributed by atoms with E-state index >= 15 is 0 Å². The van der Waals surface area contributed by atoms with Gasteiger partial charge >= 0.3 is 0 Å². The lowest BCUT2D eigenvalue weighted by molar-refractivity contribution is 0.530. The van der Waals surface area contributed by atoms with Gasteiger partial charge < -0.3 is 0 Å². The Hall–Kier alpha value is -3.01. The lowest BCUT2D eigenvalue weighted by Gasteiger charge is -2.18. The molecule has 1 atom stereocenters. The van der Waals surface area contributed by atoms with Crippen LogP contribution in [-0.4, -0.2) is 20.5 Å². The smallest absolute Gasteiger partial charge is 0.222 e. The molecule has 23 heavy (non-hydrogen) atoms. The van der Waals surface area contributed by atoms with Crippen molar-refractivity contribution in [3.8, 4) is 0 Å². The molecule has 1 aliphatic rings. The van der Waals surface area contributed by atoms with Crippen LogP contribution in [0.25, 0.3) is 0 Å². The van der Waals surface area contributed by atoms with Gasteiger partial charge in [-0.25, -0.2) is 9.67 Å². The zero-order valence-electron chi connectivity index (χ0n) is 12.6. The molecule has 2 aromatic carbocycles. The molecule has 0 amide bonds. The predicted molar refractivity (Wildman–Crippen MR) is 91.0 cm³/mol. The first-order valence-electron chi connectivity index (χ1n) is 7.67. The molecule has 1 aromatic heterocycles. The van der Waals surface area contributed by atoms with Gasteiger partial charge in [-0.15, -0.1) is 0 Å².